The Bertz CT molecular complexity index is 969. The summed E-state index contributed by atoms with van der Waals surface area (Å²) < 4.78 is 19.6. The van der Waals surface area contributed by atoms with Gasteiger partial charge in [-0.1, -0.05) is 36.4 Å². The van der Waals surface area contributed by atoms with Gasteiger partial charge in [-0.05, 0) is 35.9 Å². The van der Waals surface area contributed by atoms with Crippen LogP contribution in [0.2, 0.25) is 0 Å². The lowest BCUT2D eigenvalue weighted by Crippen LogP contribution is -2.25. The maximum atomic E-state index is 13.7. The van der Waals surface area contributed by atoms with Crippen molar-refractivity contribution in [3.8, 4) is 28.4 Å². The zero-order valence-corrected chi connectivity index (χ0v) is 15.0. The Morgan fingerprint density at radius 3 is 2.25 bits per heavy atom. The van der Waals surface area contributed by atoms with Crippen LogP contribution in [0.5, 0.6) is 17.2 Å². The highest BCUT2D eigenvalue weighted by Crippen LogP contribution is 2.55. The zero-order chi connectivity index (χ0) is 16.0. The van der Waals surface area contributed by atoms with Gasteiger partial charge in [-0.15, -0.1) is 0 Å². The third-order valence-corrected chi connectivity index (χ3v) is 6.37. The molecule has 3 aromatic rings. The molecule has 0 saturated heterocycles. The first-order valence-corrected chi connectivity index (χ1v) is 8.73. The van der Waals surface area contributed by atoms with Crippen LogP contribution < -0.4 is 15.1 Å². The molecule has 0 bridgehead atoms. The molecule has 1 aliphatic rings. The second kappa shape index (κ2) is 5.98. The second-order valence-electron chi connectivity index (χ2n) is 5.33. The van der Waals surface area contributed by atoms with Crippen molar-refractivity contribution in [1.82, 2.24) is 0 Å². The van der Waals surface area contributed by atoms with Crippen LogP contribution in [0.3, 0.4) is 0 Å². The molecule has 4 rings (SSSR count). The predicted octanol–water partition coefficient (Wildman–Crippen LogP) is 3.44. The van der Waals surface area contributed by atoms with E-state index in [0.717, 1.165) is 11.1 Å². The molecular weight excluding hydrogens is 342 g/mol. The van der Waals surface area contributed by atoms with Crippen molar-refractivity contribution in [3.63, 3.8) is 0 Å². The van der Waals surface area contributed by atoms with Crippen LogP contribution in [-0.4, -0.2) is 10.2 Å². The molecule has 1 aliphatic heterocycles. The van der Waals surface area contributed by atoms with Crippen molar-refractivity contribution < 1.29 is 19.3 Å². The van der Waals surface area contributed by atoms with Gasteiger partial charge in [0.05, 0.1) is 10.6 Å². The summed E-state index contributed by atoms with van der Waals surface area (Å²) in [4.78, 5) is 0. The lowest BCUT2D eigenvalue weighted by Gasteiger charge is -2.29. The SMILES string of the molecule is O=P1(c2cc(O)ccc2O)Oc2ccccc2-c2ccccc21.P. The zero-order valence-electron chi connectivity index (χ0n) is 12.7. The van der Waals surface area contributed by atoms with Crippen molar-refractivity contribution in [1.29, 1.82) is 0 Å². The van der Waals surface area contributed by atoms with Gasteiger partial charge >= 0.3 is 7.37 Å². The number of phenols is 2. The van der Waals surface area contributed by atoms with E-state index in [1.54, 1.807) is 24.3 Å². The van der Waals surface area contributed by atoms with E-state index in [0.29, 0.717) is 11.1 Å². The molecule has 4 nitrogen and oxygen atoms in total. The van der Waals surface area contributed by atoms with Gasteiger partial charge in [0.1, 0.15) is 17.2 Å². The van der Waals surface area contributed by atoms with E-state index in [9.17, 15) is 14.8 Å². The van der Waals surface area contributed by atoms with E-state index in [-0.39, 0.29) is 26.7 Å². The lowest BCUT2D eigenvalue weighted by molar-refractivity contribution is 0.459. The maximum Gasteiger partial charge on any atom is 0.311 e. The number of rotatable bonds is 1. The first-order valence-electron chi connectivity index (χ1n) is 7.11. The third-order valence-electron chi connectivity index (χ3n) is 3.90. The number of hydrogen-bond donors (Lipinski definition) is 2. The number of hydrogen-bond acceptors (Lipinski definition) is 4. The monoisotopic (exact) mass is 358 g/mol. The number of fused-ring (bicyclic) bond motifs is 3. The first-order chi connectivity index (χ1) is 11.1. The smallest absolute Gasteiger partial charge is 0.311 e. The third kappa shape index (κ3) is 2.39. The van der Waals surface area contributed by atoms with Crippen LogP contribution in [0.15, 0.2) is 66.7 Å². The number of aromatic hydroxyl groups is 2. The fraction of sp³-hybridized carbons (Fsp3) is 0. The highest BCUT2D eigenvalue weighted by atomic mass is 31.2. The number of benzene rings is 3. The molecule has 0 fully saturated rings. The Morgan fingerprint density at radius 1 is 0.792 bits per heavy atom. The van der Waals surface area contributed by atoms with Crippen molar-refractivity contribution in [3.05, 3.63) is 66.7 Å². The minimum Gasteiger partial charge on any atom is -0.508 e. The minimum absolute atomic E-state index is 0. The van der Waals surface area contributed by atoms with Gasteiger partial charge in [-0.2, -0.15) is 9.90 Å². The van der Waals surface area contributed by atoms with Gasteiger partial charge in [0.15, 0.2) is 0 Å². The number of phenolic OH excluding ortho intramolecular Hbond substituents is 2. The van der Waals surface area contributed by atoms with E-state index in [2.05, 4.69) is 0 Å². The van der Waals surface area contributed by atoms with Crippen LogP contribution in [0.25, 0.3) is 11.1 Å². The van der Waals surface area contributed by atoms with Crippen molar-refractivity contribution in [2.75, 3.05) is 0 Å². The molecule has 2 N–H and O–H groups in total. The average Bonchev–Trinajstić information content (AvgIpc) is 2.57. The molecule has 122 valence electrons. The van der Waals surface area contributed by atoms with E-state index in [1.807, 2.05) is 24.3 Å². The Morgan fingerprint density at radius 2 is 1.46 bits per heavy atom. The topological polar surface area (TPSA) is 66.8 Å². The molecule has 2 unspecified atom stereocenters. The molecule has 3 aromatic carbocycles. The summed E-state index contributed by atoms with van der Waals surface area (Å²) in [7, 11) is -3.56. The summed E-state index contributed by atoms with van der Waals surface area (Å²) in [5, 5.41) is 20.5. The van der Waals surface area contributed by atoms with Crippen molar-refractivity contribution in [2.45, 2.75) is 0 Å². The molecule has 6 heteroatoms. The molecule has 0 amide bonds. The first kappa shape index (κ1) is 16.6. The summed E-state index contributed by atoms with van der Waals surface area (Å²) in [6.07, 6.45) is 0. The second-order valence-corrected chi connectivity index (χ2v) is 7.58. The summed E-state index contributed by atoms with van der Waals surface area (Å²) in [6.45, 7) is 0. The van der Waals surface area contributed by atoms with Gasteiger partial charge < -0.3 is 14.7 Å². The standard InChI is InChI=1S/C18H13O4P.H3P/c19-12-9-10-15(20)18(11-12)23(21)17-8-4-2-6-14(17)13-5-1-3-7-16(13)22-23;/h1-11,19-20H;1H3. The predicted molar refractivity (Wildman–Crippen MR) is 100 cm³/mol. The van der Waals surface area contributed by atoms with E-state index in [4.69, 9.17) is 4.52 Å². The molecule has 2 atom stereocenters. The minimum atomic E-state index is -3.56. The normalized spacial score (nSPS) is 17.8. The molecule has 0 aromatic heterocycles. The quantitative estimate of drug-likeness (QED) is 0.517. The Kier molecular flexibility index (Phi) is 4.13. The molecule has 0 saturated carbocycles. The van der Waals surface area contributed by atoms with Crippen LogP contribution in [0.1, 0.15) is 0 Å². The van der Waals surface area contributed by atoms with Gasteiger partial charge in [0, 0.05) is 5.56 Å². The summed E-state index contributed by atoms with van der Waals surface area (Å²) in [6, 6.07) is 18.6. The van der Waals surface area contributed by atoms with E-state index >= 15 is 0 Å². The van der Waals surface area contributed by atoms with Crippen LogP contribution in [-0.2, 0) is 4.57 Å². The van der Waals surface area contributed by atoms with E-state index < -0.39 is 7.37 Å². The molecular formula is C18H16O4P2. The molecule has 0 aliphatic carbocycles. The largest absolute Gasteiger partial charge is 0.508 e. The van der Waals surface area contributed by atoms with Crippen molar-refractivity contribution in [2.24, 2.45) is 0 Å². The van der Waals surface area contributed by atoms with Gasteiger partial charge in [0.25, 0.3) is 0 Å². The van der Waals surface area contributed by atoms with Gasteiger partial charge in [0.2, 0.25) is 0 Å². The van der Waals surface area contributed by atoms with Crippen LogP contribution in [0, 0.1) is 0 Å². The molecule has 24 heavy (non-hydrogen) atoms. The number of para-hydroxylation sites is 1. The Labute approximate surface area is 142 Å². The Balaban J connectivity index is 0.00000169. The lowest BCUT2D eigenvalue weighted by atomic mass is 10.0. The molecule has 0 radical (unpaired) electrons. The van der Waals surface area contributed by atoms with E-state index in [1.165, 1.54) is 18.2 Å². The van der Waals surface area contributed by atoms with Gasteiger partial charge in [-0.3, -0.25) is 4.57 Å². The fourth-order valence-electron chi connectivity index (χ4n) is 2.84. The van der Waals surface area contributed by atoms with Gasteiger partial charge in [-0.25, -0.2) is 0 Å². The summed E-state index contributed by atoms with van der Waals surface area (Å²) in [5.74, 6) is 0.255. The molecule has 1 heterocycles. The van der Waals surface area contributed by atoms with Crippen LogP contribution >= 0.6 is 17.3 Å². The fourth-order valence-corrected chi connectivity index (χ4v) is 5.21. The maximum absolute atomic E-state index is 13.7. The highest BCUT2D eigenvalue weighted by molar-refractivity contribution is 7.75. The summed E-state index contributed by atoms with van der Waals surface area (Å²) in [5.41, 5.74) is 1.66. The Hall–Kier alpha value is -2.28. The van der Waals surface area contributed by atoms with Crippen molar-refractivity contribution >= 4 is 27.9 Å². The highest BCUT2D eigenvalue weighted by Gasteiger charge is 2.39. The average molecular weight is 358 g/mol. The summed E-state index contributed by atoms with van der Waals surface area (Å²) >= 11 is 0. The van der Waals surface area contributed by atoms with Crippen LogP contribution in [0.4, 0.5) is 0 Å². The molecule has 0 spiro atoms.